The zero-order valence-corrected chi connectivity index (χ0v) is 8.72. The lowest BCUT2D eigenvalue weighted by Crippen LogP contribution is -2.23. The lowest BCUT2D eigenvalue weighted by atomic mass is 10.2. The Morgan fingerprint density at radius 1 is 1.46 bits per heavy atom. The molecule has 0 aromatic heterocycles. The Kier molecular flexibility index (Phi) is 2.94. The number of benzene rings is 1. The van der Waals surface area contributed by atoms with E-state index in [9.17, 15) is 4.79 Å². The van der Waals surface area contributed by atoms with Crippen LogP contribution in [0, 0.1) is 6.92 Å². The third-order valence-electron chi connectivity index (χ3n) is 1.99. The first-order valence-corrected chi connectivity index (χ1v) is 4.40. The van der Waals surface area contributed by atoms with Crippen molar-refractivity contribution in [3.05, 3.63) is 28.8 Å². The van der Waals surface area contributed by atoms with Crippen LogP contribution in [0.3, 0.4) is 0 Å². The zero-order valence-electron chi connectivity index (χ0n) is 7.97. The normalized spacial score (nSPS) is 9.85. The second-order valence-corrected chi connectivity index (χ2v) is 3.45. The lowest BCUT2D eigenvalue weighted by molar-refractivity contribution is -0.116. The van der Waals surface area contributed by atoms with Gasteiger partial charge in [0.2, 0.25) is 5.91 Å². The van der Waals surface area contributed by atoms with E-state index in [4.69, 9.17) is 11.6 Å². The van der Waals surface area contributed by atoms with E-state index in [-0.39, 0.29) is 5.91 Å². The molecule has 0 atom stereocenters. The second-order valence-electron chi connectivity index (χ2n) is 3.01. The van der Waals surface area contributed by atoms with E-state index in [1.165, 1.54) is 6.92 Å². The predicted octanol–water partition coefficient (Wildman–Crippen LogP) is 2.63. The van der Waals surface area contributed by atoms with Crippen LogP contribution in [0.15, 0.2) is 18.2 Å². The van der Waals surface area contributed by atoms with E-state index >= 15 is 0 Å². The van der Waals surface area contributed by atoms with Gasteiger partial charge in [-0.15, -0.1) is 0 Å². The number of rotatable bonds is 1. The van der Waals surface area contributed by atoms with Crippen LogP contribution in [0.25, 0.3) is 0 Å². The van der Waals surface area contributed by atoms with Crippen LogP contribution in [-0.4, -0.2) is 13.0 Å². The van der Waals surface area contributed by atoms with E-state index in [1.807, 2.05) is 19.1 Å². The number of carbonyl (C=O) groups excluding carboxylic acids is 1. The molecule has 1 rings (SSSR count). The molecule has 1 aromatic carbocycles. The summed E-state index contributed by atoms with van der Waals surface area (Å²) in [5, 5.41) is 0.693. The summed E-state index contributed by atoms with van der Waals surface area (Å²) in [6.45, 7) is 3.47. The summed E-state index contributed by atoms with van der Waals surface area (Å²) in [6.07, 6.45) is 0. The first-order chi connectivity index (χ1) is 6.02. The maximum absolute atomic E-state index is 11.1. The van der Waals surface area contributed by atoms with E-state index in [0.717, 1.165) is 11.3 Å². The van der Waals surface area contributed by atoms with Crippen molar-refractivity contribution in [1.82, 2.24) is 0 Å². The molecule has 0 unspecified atom stereocenters. The van der Waals surface area contributed by atoms with Gasteiger partial charge in [-0.05, 0) is 30.7 Å². The number of carbonyl (C=O) groups is 1. The summed E-state index contributed by atoms with van der Waals surface area (Å²) in [5.74, 6) is 0.0189. The molecule has 3 heteroatoms. The van der Waals surface area contributed by atoms with Gasteiger partial charge in [0, 0.05) is 24.7 Å². The standard InChI is InChI=1S/C10H12ClNO/c1-7-6-9(11)4-5-10(7)12(3)8(2)13/h4-6H,1-3H3. The van der Waals surface area contributed by atoms with Crippen molar-refractivity contribution >= 4 is 23.2 Å². The molecule has 1 amide bonds. The molecular weight excluding hydrogens is 186 g/mol. The summed E-state index contributed by atoms with van der Waals surface area (Å²) >= 11 is 5.80. The quantitative estimate of drug-likeness (QED) is 0.678. The summed E-state index contributed by atoms with van der Waals surface area (Å²) in [4.78, 5) is 12.7. The van der Waals surface area contributed by atoms with Crippen LogP contribution in [0.5, 0.6) is 0 Å². The number of anilines is 1. The van der Waals surface area contributed by atoms with Gasteiger partial charge in [-0.25, -0.2) is 0 Å². The van der Waals surface area contributed by atoms with E-state index < -0.39 is 0 Å². The van der Waals surface area contributed by atoms with Gasteiger partial charge in [-0.3, -0.25) is 4.79 Å². The van der Waals surface area contributed by atoms with Crippen molar-refractivity contribution in [3.63, 3.8) is 0 Å². The molecule has 1 aromatic rings. The fourth-order valence-electron chi connectivity index (χ4n) is 1.16. The smallest absolute Gasteiger partial charge is 0.223 e. The molecule has 0 N–H and O–H groups in total. The number of halogens is 1. The third kappa shape index (κ3) is 2.22. The first kappa shape index (κ1) is 10.1. The van der Waals surface area contributed by atoms with Crippen LogP contribution < -0.4 is 4.90 Å². The molecular formula is C10H12ClNO. The van der Waals surface area contributed by atoms with Crippen LogP contribution in [-0.2, 0) is 4.79 Å². The van der Waals surface area contributed by atoms with E-state index in [2.05, 4.69) is 0 Å². The highest BCUT2D eigenvalue weighted by Gasteiger charge is 2.07. The van der Waals surface area contributed by atoms with Gasteiger partial charge in [0.05, 0.1) is 0 Å². The molecule has 0 saturated heterocycles. The molecule has 0 radical (unpaired) electrons. The number of aryl methyl sites for hydroxylation is 1. The molecule has 0 heterocycles. The zero-order chi connectivity index (χ0) is 10.0. The van der Waals surface area contributed by atoms with Crippen LogP contribution in [0.1, 0.15) is 12.5 Å². The Balaban J connectivity index is 3.08. The SMILES string of the molecule is CC(=O)N(C)c1ccc(Cl)cc1C. The Morgan fingerprint density at radius 2 is 2.08 bits per heavy atom. The molecule has 0 saturated carbocycles. The minimum absolute atomic E-state index is 0.0189. The monoisotopic (exact) mass is 197 g/mol. The van der Waals surface area contributed by atoms with Gasteiger partial charge in [0.1, 0.15) is 0 Å². The van der Waals surface area contributed by atoms with Gasteiger partial charge in [-0.1, -0.05) is 11.6 Å². The molecule has 0 aliphatic rings. The fourth-order valence-corrected chi connectivity index (χ4v) is 1.39. The molecule has 0 aliphatic carbocycles. The Hall–Kier alpha value is -1.02. The number of amides is 1. The van der Waals surface area contributed by atoms with Crippen molar-refractivity contribution in [2.45, 2.75) is 13.8 Å². The molecule has 0 bridgehead atoms. The Labute approximate surface area is 83.1 Å². The number of hydrogen-bond donors (Lipinski definition) is 0. The van der Waals surface area contributed by atoms with Crippen molar-refractivity contribution in [1.29, 1.82) is 0 Å². The average Bonchev–Trinajstić information content (AvgIpc) is 2.03. The lowest BCUT2D eigenvalue weighted by Gasteiger charge is -2.17. The largest absolute Gasteiger partial charge is 0.315 e. The maximum Gasteiger partial charge on any atom is 0.223 e. The van der Waals surface area contributed by atoms with Crippen molar-refractivity contribution in [2.75, 3.05) is 11.9 Å². The molecule has 13 heavy (non-hydrogen) atoms. The maximum atomic E-state index is 11.1. The Bertz CT molecular complexity index is 336. The summed E-state index contributed by atoms with van der Waals surface area (Å²) in [7, 11) is 1.75. The highest BCUT2D eigenvalue weighted by molar-refractivity contribution is 6.30. The molecule has 70 valence electrons. The van der Waals surface area contributed by atoms with Crippen LogP contribution >= 0.6 is 11.6 Å². The second kappa shape index (κ2) is 3.79. The van der Waals surface area contributed by atoms with Gasteiger partial charge < -0.3 is 4.90 Å². The van der Waals surface area contributed by atoms with Crippen LogP contribution in [0.2, 0.25) is 5.02 Å². The van der Waals surface area contributed by atoms with Gasteiger partial charge >= 0.3 is 0 Å². The highest BCUT2D eigenvalue weighted by atomic mass is 35.5. The molecule has 0 aliphatic heterocycles. The number of hydrogen-bond acceptors (Lipinski definition) is 1. The molecule has 2 nitrogen and oxygen atoms in total. The van der Waals surface area contributed by atoms with E-state index in [0.29, 0.717) is 5.02 Å². The molecule has 0 spiro atoms. The first-order valence-electron chi connectivity index (χ1n) is 4.03. The number of nitrogens with zero attached hydrogens (tertiary/aromatic N) is 1. The Morgan fingerprint density at radius 3 is 2.54 bits per heavy atom. The van der Waals surface area contributed by atoms with Gasteiger partial charge in [0.25, 0.3) is 0 Å². The van der Waals surface area contributed by atoms with Gasteiger partial charge in [-0.2, -0.15) is 0 Å². The summed E-state index contributed by atoms with van der Waals surface area (Å²) in [6, 6.07) is 5.47. The van der Waals surface area contributed by atoms with Crippen molar-refractivity contribution < 1.29 is 4.79 Å². The van der Waals surface area contributed by atoms with E-state index in [1.54, 1.807) is 18.0 Å². The summed E-state index contributed by atoms with van der Waals surface area (Å²) < 4.78 is 0. The minimum atomic E-state index is 0.0189. The predicted molar refractivity (Wildman–Crippen MR) is 55.3 cm³/mol. The summed E-state index contributed by atoms with van der Waals surface area (Å²) in [5.41, 5.74) is 1.90. The third-order valence-corrected chi connectivity index (χ3v) is 2.23. The highest BCUT2D eigenvalue weighted by Crippen LogP contribution is 2.22. The van der Waals surface area contributed by atoms with Crippen molar-refractivity contribution in [2.24, 2.45) is 0 Å². The van der Waals surface area contributed by atoms with Crippen molar-refractivity contribution in [3.8, 4) is 0 Å². The van der Waals surface area contributed by atoms with Crippen LogP contribution in [0.4, 0.5) is 5.69 Å². The minimum Gasteiger partial charge on any atom is -0.315 e. The van der Waals surface area contributed by atoms with Gasteiger partial charge in [0.15, 0.2) is 0 Å². The average molecular weight is 198 g/mol. The molecule has 0 fully saturated rings. The topological polar surface area (TPSA) is 20.3 Å². The fraction of sp³-hybridized carbons (Fsp3) is 0.300.